The summed E-state index contributed by atoms with van der Waals surface area (Å²) in [5.74, 6) is 1.01. The van der Waals surface area contributed by atoms with Crippen molar-refractivity contribution in [3.63, 3.8) is 0 Å². The lowest BCUT2D eigenvalue weighted by Crippen LogP contribution is -2.00. The average molecular weight is 240 g/mol. The first-order valence-electron chi connectivity index (χ1n) is 6.47. The van der Waals surface area contributed by atoms with Gasteiger partial charge in [-0.25, -0.2) is 0 Å². The van der Waals surface area contributed by atoms with Gasteiger partial charge in [-0.1, -0.05) is 48.9 Å². The van der Waals surface area contributed by atoms with Crippen LogP contribution >= 0.6 is 0 Å². The molecule has 94 valence electrons. The first kappa shape index (κ1) is 12.7. The predicted octanol–water partition coefficient (Wildman–Crippen LogP) is 4.44. The van der Waals surface area contributed by atoms with Gasteiger partial charge in [-0.2, -0.15) is 0 Å². The SMILES string of the molecule is CCc1cc(C)ccc1OCc1ccccc1C. The normalized spacial score (nSPS) is 10.4. The van der Waals surface area contributed by atoms with Gasteiger partial charge >= 0.3 is 0 Å². The van der Waals surface area contributed by atoms with E-state index in [4.69, 9.17) is 4.74 Å². The highest BCUT2D eigenvalue weighted by molar-refractivity contribution is 5.37. The Morgan fingerprint density at radius 3 is 2.44 bits per heavy atom. The smallest absolute Gasteiger partial charge is 0.123 e. The molecule has 0 heterocycles. The molecule has 0 saturated carbocycles. The Balaban J connectivity index is 2.13. The molecule has 0 aromatic heterocycles. The minimum Gasteiger partial charge on any atom is -0.489 e. The number of ether oxygens (including phenoxy) is 1. The molecule has 2 aromatic carbocycles. The Labute approximate surface area is 109 Å². The van der Waals surface area contributed by atoms with Crippen LogP contribution in [-0.2, 0) is 13.0 Å². The molecular weight excluding hydrogens is 220 g/mol. The van der Waals surface area contributed by atoms with Gasteiger partial charge in [0.2, 0.25) is 0 Å². The number of benzene rings is 2. The van der Waals surface area contributed by atoms with Crippen LogP contribution in [0.1, 0.15) is 29.2 Å². The van der Waals surface area contributed by atoms with E-state index in [1.54, 1.807) is 0 Å². The predicted molar refractivity (Wildman–Crippen MR) is 76.1 cm³/mol. The summed E-state index contributed by atoms with van der Waals surface area (Å²) in [6.07, 6.45) is 1.00. The largest absolute Gasteiger partial charge is 0.489 e. The maximum absolute atomic E-state index is 5.95. The standard InChI is InChI=1S/C17H20O/c1-4-15-11-13(2)9-10-17(15)18-12-16-8-6-5-7-14(16)3/h5-11H,4,12H2,1-3H3. The molecule has 0 unspecified atom stereocenters. The highest BCUT2D eigenvalue weighted by Crippen LogP contribution is 2.22. The second-order valence-corrected chi connectivity index (χ2v) is 4.68. The van der Waals surface area contributed by atoms with Crippen LogP contribution in [0.25, 0.3) is 0 Å². The Hall–Kier alpha value is -1.76. The fourth-order valence-electron chi connectivity index (χ4n) is 2.05. The third-order valence-electron chi connectivity index (χ3n) is 3.24. The van der Waals surface area contributed by atoms with E-state index < -0.39 is 0 Å². The fourth-order valence-corrected chi connectivity index (χ4v) is 2.05. The molecule has 0 aliphatic rings. The van der Waals surface area contributed by atoms with Crippen molar-refractivity contribution in [2.24, 2.45) is 0 Å². The van der Waals surface area contributed by atoms with Gasteiger partial charge in [0.1, 0.15) is 12.4 Å². The second kappa shape index (κ2) is 5.72. The van der Waals surface area contributed by atoms with Gasteiger partial charge in [-0.05, 0) is 43.0 Å². The molecule has 0 spiro atoms. The molecule has 18 heavy (non-hydrogen) atoms. The zero-order valence-electron chi connectivity index (χ0n) is 11.4. The van der Waals surface area contributed by atoms with E-state index in [0.717, 1.165) is 12.2 Å². The monoisotopic (exact) mass is 240 g/mol. The minimum absolute atomic E-state index is 0.642. The van der Waals surface area contributed by atoms with Crippen molar-refractivity contribution in [2.75, 3.05) is 0 Å². The van der Waals surface area contributed by atoms with Crippen molar-refractivity contribution in [3.8, 4) is 5.75 Å². The van der Waals surface area contributed by atoms with Crippen molar-refractivity contribution in [1.29, 1.82) is 0 Å². The lowest BCUT2D eigenvalue weighted by Gasteiger charge is -2.12. The van der Waals surface area contributed by atoms with E-state index in [1.165, 1.54) is 22.3 Å². The molecule has 0 N–H and O–H groups in total. The highest BCUT2D eigenvalue weighted by atomic mass is 16.5. The van der Waals surface area contributed by atoms with Crippen LogP contribution in [-0.4, -0.2) is 0 Å². The number of rotatable bonds is 4. The van der Waals surface area contributed by atoms with Gasteiger partial charge in [0.05, 0.1) is 0 Å². The maximum atomic E-state index is 5.95. The van der Waals surface area contributed by atoms with Crippen LogP contribution in [0.4, 0.5) is 0 Å². The van der Waals surface area contributed by atoms with Gasteiger partial charge < -0.3 is 4.74 Å². The van der Waals surface area contributed by atoms with Crippen LogP contribution in [0.3, 0.4) is 0 Å². The maximum Gasteiger partial charge on any atom is 0.123 e. The summed E-state index contributed by atoms with van der Waals surface area (Å²) in [6, 6.07) is 14.7. The molecule has 0 atom stereocenters. The summed E-state index contributed by atoms with van der Waals surface area (Å²) < 4.78 is 5.95. The molecule has 0 aliphatic heterocycles. The summed E-state index contributed by atoms with van der Waals surface area (Å²) in [7, 11) is 0. The minimum atomic E-state index is 0.642. The van der Waals surface area contributed by atoms with Gasteiger partial charge in [-0.3, -0.25) is 0 Å². The molecule has 0 aliphatic carbocycles. The Morgan fingerprint density at radius 2 is 1.72 bits per heavy atom. The summed E-state index contributed by atoms with van der Waals surface area (Å²) in [5, 5.41) is 0. The van der Waals surface area contributed by atoms with Crippen molar-refractivity contribution in [2.45, 2.75) is 33.8 Å². The Morgan fingerprint density at radius 1 is 0.944 bits per heavy atom. The molecule has 1 nitrogen and oxygen atoms in total. The summed E-state index contributed by atoms with van der Waals surface area (Å²) >= 11 is 0. The molecule has 0 bridgehead atoms. The third kappa shape index (κ3) is 2.92. The molecular formula is C17H20O. The first-order chi connectivity index (χ1) is 8.70. The summed E-state index contributed by atoms with van der Waals surface area (Å²) in [5.41, 5.74) is 5.10. The van der Waals surface area contributed by atoms with Crippen LogP contribution in [0.5, 0.6) is 5.75 Å². The van der Waals surface area contributed by atoms with Gasteiger partial charge in [0, 0.05) is 0 Å². The zero-order valence-corrected chi connectivity index (χ0v) is 11.4. The summed E-state index contributed by atoms with van der Waals surface area (Å²) in [4.78, 5) is 0. The van der Waals surface area contributed by atoms with E-state index in [2.05, 4.69) is 63.2 Å². The van der Waals surface area contributed by atoms with Gasteiger partial charge in [0.15, 0.2) is 0 Å². The van der Waals surface area contributed by atoms with Crippen LogP contribution in [0.15, 0.2) is 42.5 Å². The molecule has 0 saturated heterocycles. The van der Waals surface area contributed by atoms with E-state index >= 15 is 0 Å². The first-order valence-corrected chi connectivity index (χ1v) is 6.47. The third-order valence-corrected chi connectivity index (χ3v) is 3.24. The number of aryl methyl sites for hydroxylation is 3. The van der Waals surface area contributed by atoms with E-state index in [0.29, 0.717) is 6.61 Å². The Kier molecular flexibility index (Phi) is 4.03. The summed E-state index contributed by atoms with van der Waals surface area (Å²) in [6.45, 7) is 7.04. The highest BCUT2D eigenvalue weighted by Gasteiger charge is 2.03. The van der Waals surface area contributed by atoms with E-state index in [9.17, 15) is 0 Å². The van der Waals surface area contributed by atoms with Crippen molar-refractivity contribution >= 4 is 0 Å². The van der Waals surface area contributed by atoms with Crippen molar-refractivity contribution in [3.05, 3.63) is 64.7 Å². The molecule has 0 fully saturated rings. The average Bonchev–Trinajstić information content (AvgIpc) is 2.39. The van der Waals surface area contributed by atoms with E-state index in [-0.39, 0.29) is 0 Å². The second-order valence-electron chi connectivity index (χ2n) is 4.68. The zero-order chi connectivity index (χ0) is 13.0. The molecule has 1 heteroatoms. The topological polar surface area (TPSA) is 9.23 Å². The lowest BCUT2D eigenvalue weighted by atomic mass is 10.1. The van der Waals surface area contributed by atoms with Crippen LogP contribution < -0.4 is 4.74 Å². The number of hydrogen-bond acceptors (Lipinski definition) is 1. The van der Waals surface area contributed by atoms with Crippen molar-refractivity contribution < 1.29 is 4.74 Å². The molecule has 0 amide bonds. The molecule has 2 aromatic rings. The quantitative estimate of drug-likeness (QED) is 0.767. The lowest BCUT2D eigenvalue weighted by molar-refractivity contribution is 0.302. The van der Waals surface area contributed by atoms with Crippen molar-refractivity contribution in [1.82, 2.24) is 0 Å². The van der Waals surface area contributed by atoms with Gasteiger partial charge in [-0.15, -0.1) is 0 Å². The van der Waals surface area contributed by atoms with Crippen LogP contribution in [0, 0.1) is 13.8 Å². The fraction of sp³-hybridized carbons (Fsp3) is 0.294. The van der Waals surface area contributed by atoms with E-state index in [1.807, 2.05) is 0 Å². The van der Waals surface area contributed by atoms with Crippen LogP contribution in [0.2, 0.25) is 0 Å². The number of hydrogen-bond donors (Lipinski definition) is 0. The van der Waals surface area contributed by atoms with Gasteiger partial charge in [0.25, 0.3) is 0 Å². The molecule has 2 rings (SSSR count). The Bertz CT molecular complexity index is 529. The molecule has 0 radical (unpaired) electrons.